The van der Waals surface area contributed by atoms with Gasteiger partial charge in [0.1, 0.15) is 0 Å². The quantitative estimate of drug-likeness (QED) is 0.745. The van der Waals surface area contributed by atoms with E-state index >= 15 is 0 Å². The molecule has 0 saturated carbocycles. The van der Waals surface area contributed by atoms with Crippen molar-refractivity contribution in [2.45, 2.75) is 37.2 Å². The van der Waals surface area contributed by atoms with Crippen LogP contribution in [0.1, 0.15) is 24.8 Å². The van der Waals surface area contributed by atoms with E-state index < -0.39 is 10.0 Å². The molecule has 1 N–H and O–H groups in total. The Morgan fingerprint density at radius 3 is 2.59 bits per heavy atom. The smallest absolute Gasteiger partial charge is 0.243 e. The van der Waals surface area contributed by atoms with Gasteiger partial charge < -0.3 is 15.0 Å². The van der Waals surface area contributed by atoms with Crippen molar-refractivity contribution in [3.63, 3.8) is 0 Å². The average Bonchev–Trinajstić information content (AvgIpc) is 3.19. The molecule has 2 aliphatic rings. The van der Waals surface area contributed by atoms with Gasteiger partial charge in [-0.3, -0.25) is 4.79 Å². The van der Waals surface area contributed by atoms with Crippen LogP contribution >= 0.6 is 0 Å². The molecule has 0 radical (unpaired) electrons. The van der Waals surface area contributed by atoms with Crippen molar-refractivity contribution in [3.05, 3.63) is 29.8 Å². The maximum Gasteiger partial charge on any atom is 0.243 e. The number of hydrogen-bond acceptors (Lipinski definition) is 5. The number of carbonyl (C=O) groups excluding carboxylic acids is 1. The van der Waals surface area contributed by atoms with Gasteiger partial charge in [-0.2, -0.15) is 4.31 Å². The Morgan fingerprint density at radius 1 is 1.26 bits per heavy atom. The van der Waals surface area contributed by atoms with Crippen LogP contribution in [0.3, 0.4) is 0 Å². The normalized spacial score (nSPS) is 21.0. The highest BCUT2D eigenvalue weighted by atomic mass is 32.2. The summed E-state index contributed by atoms with van der Waals surface area (Å²) in [5.74, 6) is 0.00736. The zero-order chi connectivity index (χ0) is 19.3. The average molecular weight is 396 g/mol. The highest BCUT2D eigenvalue weighted by molar-refractivity contribution is 7.89. The largest absolute Gasteiger partial charge is 0.377 e. The molecule has 3 rings (SSSR count). The fourth-order valence-electron chi connectivity index (χ4n) is 3.48. The Bertz CT molecular complexity index is 724. The predicted octanol–water partition coefficient (Wildman–Crippen LogP) is 0.987. The van der Waals surface area contributed by atoms with E-state index in [1.54, 1.807) is 29.2 Å². The number of benzene rings is 1. The van der Waals surface area contributed by atoms with Gasteiger partial charge in [0.2, 0.25) is 15.9 Å². The molecular weight excluding hydrogens is 366 g/mol. The second-order valence-corrected chi connectivity index (χ2v) is 9.13. The van der Waals surface area contributed by atoms with Gasteiger partial charge in [0.25, 0.3) is 0 Å². The van der Waals surface area contributed by atoms with Crippen LogP contribution in [0.2, 0.25) is 0 Å². The van der Waals surface area contributed by atoms with Crippen LogP contribution in [0, 0.1) is 6.92 Å². The Labute approximate surface area is 161 Å². The summed E-state index contributed by atoms with van der Waals surface area (Å²) in [4.78, 5) is 14.6. The minimum Gasteiger partial charge on any atom is -0.377 e. The molecule has 8 heteroatoms. The Hall–Kier alpha value is -1.48. The van der Waals surface area contributed by atoms with Crippen molar-refractivity contribution in [1.29, 1.82) is 0 Å². The van der Waals surface area contributed by atoms with Crippen LogP contribution in [0.5, 0.6) is 0 Å². The maximum absolute atomic E-state index is 13.2. The molecule has 7 nitrogen and oxygen atoms in total. The summed E-state index contributed by atoms with van der Waals surface area (Å²) >= 11 is 0. The topological polar surface area (TPSA) is 79.0 Å². The second kappa shape index (κ2) is 9.14. The lowest BCUT2D eigenvalue weighted by molar-refractivity contribution is -0.131. The highest BCUT2D eigenvalue weighted by Gasteiger charge is 2.30. The summed E-state index contributed by atoms with van der Waals surface area (Å²) in [5, 5.41) is 3.22. The minimum atomic E-state index is -3.66. The lowest BCUT2D eigenvalue weighted by atomic mass is 10.2. The molecular formula is C19H29N3O4S. The number of amides is 1. The molecule has 2 heterocycles. The molecule has 1 aromatic rings. The number of nitrogens with zero attached hydrogens (tertiary/aromatic N) is 2. The maximum atomic E-state index is 13.2. The van der Waals surface area contributed by atoms with Crippen LogP contribution in [0.15, 0.2) is 29.2 Å². The Morgan fingerprint density at radius 2 is 1.96 bits per heavy atom. The molecule has 27 heavy (non-hydrogen) atoms. The monoisotopic (exact) mass is 395 g/mol. The van der Waals surface area contributed by atoms with E-state index in [0.29, 0.717) is 26.2 Å². The van der Waals surface area contributed by atoms with Crippen molar-refractivity contribution in [1.82, 2.24) is 14.5 Å². The minimum absolute atomic E-state index is 0.00736. The molecule has 1 aromatic carbocycles. The number of ether oxygens (including phenoxy) is 1. The predicted molar refractivity (Wildman–Crippen MR) is 103 cm³/mol. The number of rotatable bonds is 7. The summed E-state index contributed by atoms with van der Waals surface area (Å²) in [7, 11) is -3.66. The van der Waals surface area contributed by atoms with Crippen molar-refractivity contribution in [3.8, 4) is 0 Å². The zero-order valence-corrected chi connectivity index (χ0v) is 16.7. The van der Waals surface area contributed by atoms with Gasteiger partial charge in [-0.15, -0.1) is 0 Å². The van der Waals surface area contributed by atoms with Crippen LogP contribution in [-0.4, -0.2) is 75.5 Å². The molecule has 2 fully saturated rings. The zero-order valence-electron chi connectivity index (χ0n) is 15.9. The summed E-state index contributed by atoms with van der Waals surface area (Å²) < 4.78 is 33.4. The van der Waals surface area contributed by atoms with Gasteiger partial charge in [0.05, 0.1) is 11.0 Å². The number of sulfonamides is 1. The second-order valence-electron chi connectivity index (χ2n) is 7.19. The van der Waals surface area contributed by atoms with Crippen LogP contribution in [0.4, 0.5) is 0 Å². The summed E-state index contributed by atoms with van der Waals surface area (Å²) in [5.41, 5.74) is 1.01. The first-order valence-electron chi connectivity index (χ1n) is 9.64. The Balaban J connectivity index is 1.71. The lowest BCUT2D eigenvalue weighted by Crippen LogP contribution is -2.47. The number of nitrogens with one attached hydrogen (secondary N) is 1. The highest BCUT2D eigenvalue weighted by Crippen LogP contribution is 2.21. The van der Waals surface area contributed by atoms with E-state index in [2.05, 4.69) is 5.32 Å². The molecule has 150 valence electrons. The SMILES string of the molecule is Cc1ccc(S(=O)(=O)N(CCC(=O)N2CCNCC2)C[C@H]2CCCO2)cc1. The van der Waals surface area contributed by atoms with E-state index in [1.807, 2.05) is 6.92 Å². The number of carbonyl (C=O) groups is 1. The first-order chi connectivity index (χ1) is 13.0. The molecule has 1 amide bonds. The Kier molecular flexibility index (Phi) is 6.86. The van der Waals surface area contributed by atoms with Crippen molar-refractivity contribution >= 4 is 15.9 Å². The first-order valence-corrected chi connectivity index (χ1v) is 11.1. The first kappa shape index (κ1) is 20.3. The van der Waals surface area contributed by atoms with Gasteiger partial charge in [-0.1, -0.05) is 17.7 Å². The third-order valence-electron chi connectivity index (χ3n) is 5.13. The van der Waals surface area contributed by atoms with E-state index in [-0.39, 0.29) is 29.9 Å². The van der Waals surface area contributed by atoms with Crippen molar-refractivity contribution < 1.29 is 17.9 Å². The van der Waals surface area contributed by atoms with E-state index in [4.69, 9.17) is 4.74 Å². The number of hydrogen-bond donors (Lipinski definition) is 1. The third-order valence-corrected chi connectivity index (χ3v) is 7.01. The van der Waals surface area contributed by atoms with Gasteiger partial charge in [0.15, 0.2) is 0 Å². The fourth-order valence-corrected chi connectivity index (χ4v) is 4.95. The van der Waals surface area contributed by atoms with Gasteiger partial charge in [-0.05, 0) is 31.9 Å². The van der Waals surface area contributed by atoms with Crippen molar-refractivity contribution in [2.24, 2.45) is 0 Å². The summed E-state index contributed by atoms with van der Waals surface area (Å²) in [6.07, 6.45) is 1.89. The molecule has 0 spiro atoms. The van der Waals surface area contributed by atoms with Gasteiger partial charge in [0, 0.05) is 52.3 Å². The molecule has 2 saturated heterocycles. The third kappa shape index (κ3) is 5.28. The molecule has 0 aliphatic carbocycles. The van der Waals surface area contributed by atoms with Crippen LogP contribution in [-0.2, 0) is 19.6 Å². The molecule has 2 aliphatic heterocycles. The molecule has 0 unspecified atom stereocenters. The number of aryl methyl sites for hydroxylation is 1. The van der Waals surface area contributed by atoms with E-state index in [0.717, 1.165) is 31.5 Å². The summed E-state index contributed by atoms with van der Waals surface area (Å²) in [6.45, 7) is 5.99. The van der Waals surface area contributed by atoms with Crippen LogP contribution < -0.4 is 5.32 Å². The van der Waals surface area contributed by atoms with E-state index in [9.17, 15) is 13.2 Å². The summed E-state index contributed by atoms with van der Waals surface area (Å²) in [6, 6.07) is 6.85. The van der Waals surface area contributed by atoms with Gasteiger partial charge in [-0.25, -0.2) is 8.42 Å². The van der Waals surface area contributed by atoms with Gasteiger partial charge >= 0.3 is 0 Å². The fraction of sp³-hybridized carbons (Fsp3) is 0.632. The van der Waals surface area contributed by atoms with E-state index in [1.165, 1.54) is 4.31 Å². The standard InChI is InChI=1S/C19H29N3O4S/c1-16-4-6-18(7-5-16)27(24,25)22(15-17-3-2-14-26-17)11-8-19(23)21-12-9-20-10-13-21/h4-7,17,20H,2-3,8-15H2,1H3/t17-/m1/s1. The molecule has 0 aromatic heterocycles. The lowest BCUT2D eigenvalue weighted by Gasteiger charge is -2.29. The molecule has 1 atom stereocenters. The molecule has 0 bridgehead atoms. The van der Waals surface area contributed by atoms with Crippen LogP contribution in [0.25, 0.3) is 0 Å². The van der Waals surface area contributed by atoms with Crippen molar-refractivity contribution in [2.75, 3.05) is 45.9 Å². The number of piperazine rings is 1.